The molecule has 1 aliphatic heterocycles. The summed E-state index contributed by atoms with van der Waals surface area (Å²) in [6.45, 7) is 3.05. The zero-order chi connectivity index (χ0) is 14.9. The molecule has 0 unspecified atom stereocenters. The average Bonchev–Trinajstić information content (AvgIpc) is 2.28. The first-order chi connectivity index (χ1) is 8.55. The van der Waals surface area contributed by atoms with Crippen LogP contribution in [0.3, 0.4) is 0 Å². The van der Waals surface area contributed by atoms with Gasteiger partial charge in [-0.15, -0.1) is 0 Å². The van der Waals surface area contributed by atoms with E-state index < -0.39 is 50.2 Å². The van der Waals surface area contributed by atoms with E-state index in [1.807, 2.05) is 0 Å². The van der Waals surface area contributed by atoms with Crippen molar-refractivity contribution in [1.82, 2.24) is 0 Å². The summed E-state index contributed by atoms with van der Waals surface area (Å²) >= 11 is 0. The van der Waals surface area contributed by atoms with E-state index in [1.54, 1.807) is 0 Å². The Hall–Kier alpha value is -1.33. The summed E-state index contributed by atoms with van der Waals surface area (Å²) in [6, 6.07) is 0. The minimum atomic E-state index is -4.05. The van der Waals surface area contributed by atoms with Crippen LogP contribution >= 0.6 is 0 Å². The highest BCUT2D eigenvalue weighted by molar-refractivity contribution is 7.89. The van der Waals surface area contributed by atoms with E-state index in [1.165, 1.54) is 20.8 Å². The van der Waals surface area contributed by atoms with Crippen LogP contribution in [0.4, 0.5) is 0 Å². The van der Waals surface area contributed by atoms with E-state index in [2.05, 4.69) is 4.52 Å². The summed E-state index contributed by atoms with van der Waals surface area (Å²) in [5.41, 5.74) is -2.39. The highest BCUT2D eigenvalue weighted by Gasteiger charge is 2.60. The Morgan fingerprint density at radius 3 is 2.11 bits per heavy atom. The molecule has 1 aliphatic rings. The van der Waals surface area contributed by atoms with Crippen molar-refractivity contribution in [1.29, 1.82) is 0 Å². The molecular formula is C8H15N3O7S. The first kappa shape index (κ1) is 15.7. The van der Waals surface area contributed by atoms with Crippen molar-refractivity contribution in [2.75, 3.05) is 19.0 Å². The smallest absolute Gasteiger partial charge is 0.484 e. The lowest BCUT2D eigenvalue weighted by atomic mass is 10.2. The number of hydrogen-bond acceptors (Lipinski definition) is 7. The Bertz CT molecular complexity index is 488. The Labute approximate surface area is 109 Å². The van der Waals surface area contributed by atoms with Gasteiger partial charge in [0.15, 0.2) is 19.0 Å². The van der Waals surface area contributed by atoms with Crippen LogP contribution in [0.15, 0.2) is 4.52 Å². The number of hydroxylamine groups is 1. The molecule has 0 N–H and O–H groups in total. The third kappa shape index (κ3) is 3.36. The maximum Gasteiger partial charge on any atom is 0.484 e. The van der Waals surface area contributed by atoms with E-state index in [0.29, 0.717) is 0 Å². The molecule has 0 spiro atoms. The maximum atomic E-state index is 11.7. The third-order valence-corrected chi connectivity index (χ3v) is 3.69. The molecule has 1 saturated heterocycles. The predicted octanol–water partition coefficient (Wildman–Crippen LogP) is 0.0545. The van der Waals surface area contributed by atoms with Gasteiger partial charge in [-0.05, 0) is 25.6 Å². The second kappa shape index (κ2) is 4.98. The van der Waals surface area contributed by atoms with Crippen molar-refractivity contribution in [3.05, 3.63) is 15.3 Å². The van der Waals surface area contributed by atoms with Crippen LogP contribution in [0.5, 0.6) is 0 Å². The second-order valence-corrected chi connectivity index (χ2v) is 6.35. The van der Waals surface area contributed by atoms with Crippen molar-refractivity contribution in [3.63, 3.8) is 0 Å². The normalized spacial score (nSPS) is 23.0. The summed E-state index contributed by atoms with van der Waals surface area (Å²) in [5.74, 6) is -1.52. The number of hydrogen-bond donors (Lipinski definition) is 0. The SMILES string of the molecule is CCS(=O)(=O)/N=[N+](\[O-])C1([N+](=O)[O-])COC(C)(C)OC1. The number of nitrogens with zero attached hydrogens (tertiary/aromatic N) is 3. The van der Waals surface area contributed by atoms with E-state index in [-0.39, 0.29) is 0 Å². The van der Waals surface area contributed by atoms with Gasteiger partial charge in [-0.25, -0.2) is 0 Å². The van der Waals surface area contributed by atoms with Gasteiger partial charge in [0.25, 0.3) is 0 Å². The molecule has 0 bridgehead atoms. The lowest BCUT2D eigenvalue weighted by molar-refractivity contribution is -0.824. The Kier molecular flexibility index (Phi) is 4.12. The molecule has 19 heavy (non-hydrogen) atoms. The average molecular weight is 297 g/mol. The van der Waals surface area contributed by atoms with Crippen molar-refractivity contribution in [2.24, 2.45) is 4.52 Å². The monoisotopic (exact) mass is 297 g/mol. The van der Waals surface area contributed by atoms with Crippen LogP contribution < -0.4 is 0 Å². The molecule has 1 heterocycles. The summed E-state index contributed by atoms with van der Waals surface area (Å²) in [5, 5.41) is 22.8. The topological polar surface area (TPSA) is 134 Å². The third-order valence-electron chi connectivity index (χ3n) is 2.56. The molecule has 0 aromatic carbocycles. The van der Waals surface area contributed by atoms with Crippen molar-refractivity contribution >= 4 is 10.0 Å². The lowest BCUT2D eigenvalue weighted by Crippen LogP contribution is -2.60. The largest absolute Gasteiger partial charge is 0.593 e. The van der Waals surface area contributed by atoms with Crippen LogP contribution in [-0.4, -0.2) is 48.6 Å². The first-order valence-electron chi connectivity index (χ1n) is 5.40. The highest BCUT2D eigenvalue weighted by atomic mass is 32.2. The Balaban J connectivity index is 3.13. The minimum Gasteiger partial charge on any atom is -0.593 e. The molecule has 0 atom stereocenters. The quantitative estimate of drug-likeness (QED) is 0.235. The molecule has 0 saturated carbocycles. The lowest BCUT2D eigenvalue weighted by Gasteiger charge is -2.34. The van der Waals surface area contributed by atoms with Gasteiger partial charge in [-0.3, -0.25) is 10.1 Å². The van der Waals surface area contributed by atoms with Crippen LogP contribution in [0.2, 0.25) is 0 Å². The summed E-state index contributed by atoms with van der Waals surface area (Å²) in [6.07, 6.45) is 0. The fourth-order valence-corrected chi connectivity index (χ4v) is 1.69. The number of sulfonamides is 1. The van der Waals surface area contributed by atoms with Gasteiger partial charge in [-0.2, -0.15) is 8.42 Å². The molecule has 0 aromatic heterocycles. The fourth-order valence-electron chi connectivity index (χ4n) is 1.19. The molecule has 0 aliphatic carbocycles. The molecule has 0 aromatic rings. The number of ether oxygens (including phenoxy) is 2. The summed E-state index contributed by atoms with van der Waals surface area (Å²) < 4.78 is 35.4. The van der Waals surface area contributed by atoms with Crippen LogP contribution in [0, 0.1) is 15.3 Å². The van der Waals surface area contributed by atoms with E-state index >= 15 is 0 Å². The highest BCUT2D eigenvalue weighted by Crippen LogP contribution is 2.26. The molecule has 0 amide bonds. The summed E-state index contributed by atoms with van der Waals surface area (Å²) in [4.78, 5) is 9.64. The second-order valence-electron chi connectivity index (χ2n) is 4.44. The molecule has 1 fully saturated rings. The van der Waals surface area contributed by atoms with E-state index in [0.717, 1.165) is 0 Å². The van der Waals surface area contributed by atoms with Gasteiger partial charge < -0.3 is 14.7 Å². The molecule has 110 valence electrons. The van der Waals surface area contributed by atoms with Gasteiger partial charge in [0.1, 0.15) is 9.44 Å². The molecular weight excluding hydrogens is 282 g/mol. The zero-order valence-electron chi connectivity index (χ0n) is 10.7. The van der Waals surface area contributed by atoms with Gasteiger partial charge in [0.05, 0.1) is 5.75 Å². The molecule has 10 nitrogen and oxygen atoms in total. The standard InChI is InChI=1S/C8H15N3O7S/c1-4-19(15,16)9-10(12)8(11(13)14)5-17-7(2,3)18-6-8/h4-6H2,1-3H3/b10-9-. The Morgan fingerprint density at radius 1 is 1.26 bits per heavy atom. The maximum absolute atomic E-state index is 11.7. The van der Waals surface area contributed by atoms with Crippen LogP contribution in [-0.2, 0) is 19.5 Å². The predicted molar refractivity (Wildman–Crippen MR) is 61.2 cm³/mol. The van der Waals surface area contributed by atoms with Crippen molar-refractivity contribution in [2.45, 2.75) is 32.2 Å². The van der Waals surface area contributed by atoms with Crippen LogP contribution in [0.25, 0.3) is 0 Å². The Morgan fingerprint density at radius 2 is 1.74 bits per heavy atom. The molecule has 11 heteroatoms. The first-order valence-corrected chi connectivity index (χ1v) is 7.01. The van der Waals surface area contributed by atoms with Gasteiger partial charge in [-0.1, -0.05) is 0 Å². The zero-order valence-corrected chi connectivity index (χ0v) is 11.5. The van der Waals surface area contributed by atoms with Gasteiger partial charge >= 0.3 is 15.7 Å². The van der Waals surface area contributed by atoms with Crippen LogP contribution in [0.1, 0.15) is 20.8 Å². The summed E-state index contributed by atoms with van der Waals surface area (Å²) in [7, 11) is -4.05. The van der Waals surface area contributed by atoms with Crippen molar-refractivity contribution < 1.29 is 27.7 Å². The van der Waals surface area contributed by atoms with Gasteiger partial charge in [0, 0.05) is 0 Å². The number of rotatable bonds is 4. The van der Waals surface area contributed by atoms with E-state index in [4.69, 9.17) is 9.47 Å². The molecule has 1 rings (SSSR count). The fraction of sp³-hybridized carbons (Fsp3) is 1.00. The molecule has 0 radical (unpaired) electrons. The van der Waals surface area contributed by atoms with Gasteiger partial charge in [0.2, 0.25) is 0 Å². The number of nitro groups is 1. The van der Waals surface area contributed by atoms with E-state index in [9.17, 15) is 23.7 Å². The van der Waals surface area contributed by atoms with Crippen molar-refractivity contribution in [3.8, 4) is 0 Å². The minimum absolute atomic E-state index is 0.438.